The van der Waals surface area contributed by atoms with Gasteiger partial charge in [0.1, 0.15) is 6.61 Å². The summed E-state index contributed by atoms with van der Waals surface area (Å²) in [7, 11) is 1.92. The molecule has 1 aromatic heterocycles. The third-order valence-corrected chi connectivity index (χ3v) is 3.18. The molecule has 0 fully saturated rings. The lowest BCUT2D eigenvalue weighted by molar-refractivity contribution is 0.224. The molecule has 5 nitrogen and oxygen atoms in total. The number of urea groups is 1. The van der Waals surface area contributed by atoms with Crippen molar-refractivity contribution >= 4 is 6.03 Å². The Hall–Kier alpha value is -2.50. The number of carbonyl (C=O) groups excluding carboxylic acids is 1. The fraction of sp³-hybridized carbons (Fsp3) is 0.312. The summed E-state index contributed by atoms with van der Waals surface area (Å²) in [5, 5.41) is 5.51. The zero-order valence-corrected chi connectivity index (χ0v) is 12.7. The van der Waals surface area contributed by atoms with Gasteiger partial charge < -0.3 is 19.9 Å². The van der Waals surface area contributed by atoms with E-state index in [1.165, 1.54) is 6.07 Å². The van der Waals surface area contributed by atoms with Gasteiger partial charge >= 0.3 is 6.03 Å². The van der Waals surface area contributed by atoms with Crippen LogP contribution < -0.4 is 15.4 Å². The number of para-hydroxylation sites is 1. The Labute approximate surface area is 129 Å². The molecule has 1 atom stereocenters. The topological polar surface area (TPSA) is 55.3 Å². The SMILES string of the molecule is C[C@H](COc1ccccc1F)NC(=O)NCc1cccn1C. The van der Waals surface area contributed by atoms with Crippen molar-refractivity contribution < 1.29 is 13.9 Å². The quantitative estimate of drug-likeness (QED) is 0.861. The molecule has 0 spiro atoms. The van der Waals surface area contributed by atoms with Gasteiger partial charge in [0, 0.05) is 18.9 Å². The van der Waals surface area contributed by atoms with E-state index in [4.69, 9.17) is 4.74 Å². The summed E-state index contributed by atoms with van der Waals surface area (Å²) in [4.78, 5) is 11.8. The Morgan fingerprint density at radius 2 is 2.09 bits per heavy atom. The average molecular weight is 305 g/mol. The fourth-order valence-corrected chi connectivity index (χ4v) is 1.94. The summed E-state index contributed by atoms with van der Waals surface area (Å²) in [6.45, 7) is 2.43. The van der Waals surface area contributed by atoms with Gasteiger partial charge in [-0.05, 0) is 31.2 Å². The van der Waals surface area contributed by atoms with Crippen LogP contribution in [0, 0.1) is 5.82 Å². The second-order valence-corrected chi connectivity index (χ2v) is 5.08. The number of halogens is 1. The molecule has 0 saturated heterocycles. The minimum atomic E-state index is -0.414. The number of aryl methyl sites for hydroxylation is 1. The van der Waals surface area contributed by atoms with Gasteiger partial charge in [-0.25, -0.2) is 9.18 Å². The van der Waals surface area contributed by atoms with Gasteiger partial charge in [0.05, 0.1) is 12.6 Å². The lowest BCUT2D eigenvalue weighted by Crippen LogP contribution is -2.43. The molecule has 22 heavy (non-hydrogen) atoms. The van der Waals surface area contributed by atoms with E-state index in [0.717, 1.165) is 5.69 Å². The summed E-state index contributed by atoms with van der Waals surface area (Å²) in [5.41, 5.74) is 1.01. The number of carbonyl (C=O) groups is 1. The summed E-state index contributed by atoms with van der Waals surface area (Å²) in [5.74, 6) is -0.233. The molecule has 0 radical (unpaired) electrons. The predicted octanol–water partition coefficient (Wildman–Crippen LogP) is 2.43. The Kier molecular flexibility index (Phi) is 5.41. The highest BCUT2D eigenvalue weighted by Gasteiger charge is 2.09. The molecule has 2 rings (SSSR count). The molecule has 0 saturated carbocycles. The van der Waals surface area contributed by atoms with Gasteiger partial charge in [0.25, 0.3) is 0 Å². The summed E-state index contributed by atoms with van der Waals surface area (Å²) in [6, 6.07) is 9.51. The molecule has 0 aliphatic heterocycles. The maximum Gasteiger partial charge on any atom is 0.315 e. The number of ether oxygens (including phenoxy) is 1. The van der Waals surface area contributed by atoms with Crippen LogP contribution >= 0.6 is 0 Å². The van der Waals surface area contributed by atoms with Gasteiger partial charge in [-0.1, -0.05) is 12.1 Å². The van der Waals surface area contributed by atoms with Crippen molar-refractivity contribution in [3.8, 4) is 5.75 Å². The highest BCUT2D eigenvalue weighted by Crippen LogP contribution is 2.15. The molecule has 1 aromatic carbocycles. The van der Waals surface area contributed by atoms with Gasteiger partial charge in [-0.2, -0.15) is 0 Å². The first-order valence-corrected chi connectivity index (χ1v) is 7.08. The standard InChI is InChI=1S/C16H20FN3O2/c1-12(11-22-15-8-4-3-7-14(15)17)19-16(21)18-10-13-6-5-9-20(13)2/h3-9,12H,10-11H2,1-2H3,(H2,18,19,21)/t12-/m1/s1. The molecule has 0 unspecified atom stereocenters. The smallest absolute Gasteiger partial charge is 0.315 e. The van der Waals surface area contributed by atoms with Crippen LogP contribution in [0.1, 0.15) is 12.6 Å². The summed E-state index contributed by atoms with van der Waals surface area (Å²) < 4.78 is 20.7. The highest BCUT2D eigenvalue weighted by molar-refractivity contribution is 5.74. The molecular formula is C16H20FN3O2. The second-order valence-electron chi connectivity index (χ2n) is 5.08. The van der Waals surface area contributed by atoms with Crippen molar-refractivity contribution in [2.75, 3.05) is 6.61 Å². The third-order valence-electron chi connectivity index (χ3n) is 3.18. The van der Waals surface area contributed by atoms with E-state index in [1.807, 2.05) is 29.9 Å². The maximum absolute atomic E-state index is 13.4. The van der Waals surface area contributed by atoms with Crippen molar-refractivity contribution in [3.63, 3.8) is 0 Å². The lowest BCUT2D eigenvalue weighted by atomic mass is 10.3. The van der Waals surface area contributed by atoms with Crippen molar-refractivity contribution in [3.05, 3.63) is 54.1 Å². The van der Waals surface area contributed by atoms with E-state index in [-0.39, 0.29) is 24.4 Å². The van der Waals surface area contributed by atoms with E-state index in [2.05, 4.69) is 10.6 Å². The predicted molar refractivity (Wildman–Crippen MR) is 82.1 cm³/mol. The van der Waals surface area contributed by atoms with Crippen LogP contribution in [0.15, 0.2) is 42.6 Å². The molecule has 1 heterocycles. The zero-order chi connectivity index (χ0) is 15.9. The van der Waals surface area contributed by atoms with Crippen LogP contribution in [0.5, 0.6) is 5.75 Å². The van der Waals surface area contributed by atoms with E-state index < -0.39 is 5.82 Å². The first-order chi connectivity index (χ1) is 10.6. The molecular weight excluding hydrogens is 285 g/mol. The molecule has 0 aliphatic carbocycles. The Balaban J connectivity index is 1.72. The molecule has 2 amide bonds. The van der Waals surface area contributed by atoms with Crippen LogP contribution in [0.3, 0.4) is 0 Å². The van der Waals surface area contributed by atoms with Crippen LogP contribution in [0.4, 0.5) is 9.18 Å². The Morgan fingerprint density at radius 1 is 1.32 bits per heavy atom. The Bertz CT molecular complexity index is 627. The Morgan fingerprint density at radius 3 is 2.77 bits per heavy atom. The van der Waals surface area contributed by atoms with Crippen molar-refractivity contribution in [2.45, 2.75) is 19.5 Å². The van der Waals surface area contributed by atoms with Crippen LogP contribution in [-0.2, 0) is 13.6 Å². The number of amides is 2. The average Bonchev–Trinajstić information content (AvgIpc) is 2.89. The zero-order valence-electron chi connectivity index (χ0n) is 12.7. The van der Waals surface area contributed by atoms with Crippen molar-refractivity contribution in [1.29, 1.82) is 0 Å². The number of nitrogens with one attached hydrogen (secondary N) is 2. The normalized spacial score (nSPS) is 11.8. The van der Waals surface area contributed by atoms with E-state index >= 15 is 0 Å². The minimum Gasteiger partial charge on any atom is -0.488 e. The molecule has 118 valence electrons. The maximum atomic E-state index is 13.4. The van der Waals surface area contributed by atoms with Gasteiger partial charge in [-0.15, -0.1) is 0 Å². The van der Waals surface area contributed by atoms with Gasteiger partial charge in [0.15, 0.2) is 11.6 Å². The number of rotatable bonds is 6. The van der Waals surface area contributed by atoms with E-state index in [1.54, 1.807) is 25.1 Å². The minimum absolute atomic E-state index is 0.181. The number of benzene rings is 1. The third kappa shape index (κ3) is 4.51. The highest BCUT2D eigenvalue weighted by atomic mass is 19.1. The molecule has 2 aromatic rings. The molecule has 6 heteroatoms. The summed E-state index contributed by atoms with van der Waals surface area (Å²) >= 11 is 0. The van der Waals surface area contributed by atoms with Crippen LogP contribution in [-0.4, -0.2) is 23.2 Å². The van der Waals surface area contributed by atoms with Gasteiger partial charge in [0.2, 0.25) is 0 Å². The molecule has 0 aliphatic rings. The summed E-state index contributed by atoms with van der Waals surface area (Å²) in [6.07, 6.45) is 1.92. The van der Waals surface area contributed by atoms with E-state index in [9.17, 15) is 9.18 Å². The monoisotopic (exact) mass is 305 g/mol. The first-order valence-electron chi connectivity index (χ1n) is 7.08. The number of hydrogen-bond acceptors (Lipinski definition) is 2. The van der Waals surface area contributed by atoms with Crippen molar-refractivity contribution in [2.24, 2.45) is 7.05 Å². The number of hydrogen-bond donors (Lipinski definition) is 2. The van der Waals surface area contributed by atoms with Crippen LogP contribution in [0.2, 0.25) is 0 Å². The van der Waals surface area contributed by atoms with Crippen LogP contribution in [0.25, 0.3) is 0 Å². The largest absolute Gasteiger partial charge is 0.488 e. The molecule has 0 bridgehead atoms. The fourth-order valence-electron chi connectivity index (χ4n) is 1.94. The van der Waals surface area contributed by atoms with Crippen molar-refractivity contribution in [1.82, 2.24) is 15.2 Å². The van der Waals surface area contributed by atoms with Gasteiger partial charge in [-0.3, -0.25) is 0 Å². The number of aromatic nitrogens is 1. The lowest BCUT2D eigenvalue weighted by Gasteiger charge is -2.16. The molecule has 2 N–H and O–H groups in total. The van der Waals surface area contributed by atoms with E-state index in [0.29, 0.717) is 6.54 Å². The number of nitrogens with zero attached hydrogens (tertiary/aromatic N) is 1. The first kappa shape index (κ1) is 15.9. The second kappa shape index (κ2) is 7.49.